The average Bonchev–Trinajstić information content (AvgIpc) is 3.48. The first-order valence-corrected chi connectivity index (χ1v) is 17.6. The van der Waals surface area contributed by atoms with Crippen molar-refractivity contribution in [2.45, 2.75) is 58.7 Å². The van der Waals surface area contributed by atoms with E-state index in [-0.39, 0.29) is 30.0 Å². The molecule has 1 fully saturated rings. The van der Waals surface area contributed by atoms with E-state index < -0.39 is 12.1 Å². The summed E-state index contributed by atoms with van der Waals surface area (Å²) in [5, 5.41) is 6.42. The van der Waals surface area contributed by atoms with Crippen LogP contribution in [0.2, 0.25) is 0 Å². The van der Waals surface area contributed by atoms with E-state index in [1.807, 2.05) is 49.1 Å². The van der Waals surface area contributed by atoms with E-state index in [9.17, 15) is 14.4 Å². The molecule has 0 saturated carbocycles. The first-order valence-electron chi connectivity index (χ1n) is 17.6. The van der Waals surface area contributed by atoms with Gasteiger partial charge in [-0.1, -0.05) is 32.4 Å². The summed E-state index contributed by atoms with van der Waals surface area (Å²) in [6, 6.07) is 12.1. The van der Waals surface area contributed by atoms with Gasteiger partial charge in [-0.25, -0.2) is 0 Å². The van der Waals surface area contributed by atoms with Gasteiger partial charge in [0, 0.05) is 45.2 Å². The topological polar surface area (TPSA) is 128 Å². The summed E-state index contributed by atoms with van der Waals surface area (Å²) < 4.78 is 28.3. The third-order valence-electron chi connectivity index (χ3n) is 10.2. The number of rotatable bonds is 11. The first-order chi connectivity index (χ1) is 24.6. The molecular formula is C39H48N4O8. The Morgan fingerprint density at radius 3 is 2.37 bits per heavy atom. The smallest absolute Gasteiger partial charge is 0.245 e. The lowest BCUT2D eigenvalue weighted by Crippen LogP contribution is -2.54. The minimum Gasteiger partial charge on any atom is -0.493 e. The standard InChI is InChI=1S/C39H48N4O8/c1-7-23(2)36(39(46)43-16-14-42(15-17-43)21-25-8-13-32-33(18-25)51-22-50-32)41-30-12-10-27-28(20-31(30)45)29(40-24(3)44)11-9-26-19-34(47-4)37(48-5)38(49-6)35(26)27/h8,10,12-13,18-20,23,29,36H,7,9,11,14-17,21-22H2,1-6H3,(H,40,44)(H,41,45). The number of methoxy groups -OCH3 is 3. The molecule has 3 aromatic rings. The van der Waals surface area contributed by atoms with Gasteiger partial charge in [0.1, 0.15) is 6.04 Å². The summed E-state index contributed by atoms with van der Waals surface area (Å²) in [4.78, 5) is 44.8. The van der Waals surface area contributed by atoms with Crippen molar-refractivity contribution in [2.24, 2.45) is 5.92 Å². The van der Waals surface area contributed by atoms with Crippen LogP contribution in [-0.4, -0.2) is 82.0 Å². The summed E-state index contributed by atoms with van der Waals surface area (Å²) in [5.41, 5.74) is 4.28. The van der Waals surface area contributed by atoms with Crippen LogP contribution in [0.15, 0.2) is 47.3 Å². The summed E-state index contributed by atoms with van der Waals surface area (Å²) in [6.07, 6.45) is 1.90. The molecule has 51 heavy (non-hydrogen) atoms. The molecule has 2 heterocycles. The molecular weight excluding hydrogens is 652 g/mol. The lowest BCUT2D eigenvalue weighted by atomic mass is 9.95. The van der Waals surface area contributed by atoms with Crippen molar-refractivity contribution in [2.75, 3.05) is 59.6 Å². The number of benzene rings is 2. The molecule has 0 radical (unpaired) electrons. The Balaban J connectivity index is 1.28. The van der Waals surface area contributed by atoms with Crippen LogP contribution in [0.3, 0.4) is 0 Å². The number of anilines is 1. The first kappa shape index (κ1) is 35.8. The van der Waals surface area contributed by atoms with E-state index in [1.54, 1.807) is 33.5 Å². The highest BCUT2D eigenvalue weighted by Crippen LogP contribution is 2.50. The van der Waals surface area contributed by atoms with E-state index in [0.717, 1.165) is 59.8 Å². The van der Waals surface area contributed by atoms with Crippen molar-refractivity contribution in [3.63, 3.8) is 0 Å². The van der Waals surface area contributed by atoms with E-state index in [1.165, 1.54) is 6.92 Å². The van der Waals surface area contributed by atoms with Gasteiger partial charge < -0.3 is 39.2 Å². The highest BCUT2D eigenvalue weighted by molar-refractivity contribution is 5.86. The van der Waals surface area contributed by atoms with E-state index in [2.05, 4.69) is 15.5 Å². The number of fused-ring (bicyclic) bond motifs is 4. The molecule has 2 aliphatic heterocycles. The van der Waals surface area contributed by atoms with E-state index in [0.29, 0.717) is 54.4 Å². The maximum atomic E-state index is 14.2. The van der Waals surface area contributed by atoms with Crippen LogP contribution >= 0.6 is 0 Å². The number of nitrogens with one attached hydrogen (secondary N) is 2. The van der Waals surface area contributed by atoms with Gasteiger partial charge in [-0.3, -0.25) is 19.3 Å². The molecule has 2 N–H and O–H groups in total. The van der Waals surface area contributed by atoms with Gasteiger partial charge in [0.15, 0.2) is 23.0 Å². The fourth-order valence-corrected chi connectivity index (χ4v) is 7.30. The predicted molar refractivity (Wildman–Crippen MR) is 194 cm³/mol. The molecule has 3 aromatic carbocycles. The lowest BCUT2D eigenvalue weighted by Gasteiger charge is -2.37. The van der Waals surface area contributed by atoms with Gasteiger partial charge in [-0.15, -0.1) is 0 Å². The number of nitrogens with zero attached hydrogens (tertiary/aromatic N) is 2. The molecule has 12 heteroatoms. The highest BCUT2D eigenvalue weighted by atomic mass is 16.7. The number of amides is 2. The SMILES string of the molecule is CCC(C)C(Nc1ccc2c(cc1=O)C(NC(C)=O)CCc1cc(OC)c(OC)c(OC)c1-2)C(=O)N1CCN(Cc2ccc3c(c2)OCO3)CC1. The van der Waals surface area contributed by atoms with Crippen LogP contribution in [0.5, 0.6) is 28.7 Å². The van der Waals surface area contributed by atoms with Gasteiger partial charge in [0.2, 0.25) is 29.8 Å². The molecule has 272 valence electrons. The quantitative estimate of drug-likeness (QED) is 0.289. The Morgan fingerprint density at radius 1 is 0.941 bits per heavy atom. The number of piperazine rings is 1. The second kappa shape index (κ2) is 15.5. The molecule has 0 spiro atoms. The number of carbonyl (C=O) groups is 2. The maximum absolute atomic E-state index is 14.2. The molecule has 0 aromatic heterocycles. The number of hydrogen-bond acceptors (Lipinski definition) is 10. The zero-order chi connectivity index (χ0) is 36.2. The molecule has 2 amide bonds. The maximum Gasteiger partial charge on any atom is 0.245 e. The fraction of sp³-hybridized carbons (Fsp3) is 0.462. The van der Waals surface area contributed by atoms with Gasteiger partial charge in [0.25, 0.3) is 0 Å². The molecule has 6 rings (SSSR count). The van der Waals surface area contributed by atoms with Crippen molar-refractivity contribution in [3.05, 3.63) is 69.4 Å². The Kier molecular flexibility index (Phi) is 10.9. The van der Waals surface area contributed by atoms with Gasteiger partial charge >= 0.3 is 0 Å². The Hall–Kier alpha value is -4.97. The second-order valence-corrected chi connectivity index (χ2v) is 13.4. The van der Waals surface area contributed by atoms with Crippen LogP contribution < -0.4 is 39.7 Å². The molecule has 3 atom stereocenters. The molecule has 3 unspecified atom stereocenters. The van der Waals surface area contributed by atoms with E-state index in [4.69, 9.17) is 23.7 Å². The van der Waals surface area contributed by atoms with Gasteiger partial charge in [-0.05, 0) is 71.3 Å². The summed E-state index contributed by atoms with van der Waals surface area (Å²) in [6.45, 7) is 9.17. The van der Waals surface area contributed by atoms with Crippen LogP contribution in [-0.2, 0) is 22.6 Å². The summed E-state index contributed by atoms with van der Waals surface area (Å²) >= 11 is 0. The van der Waals surface area contributed by atoms with Crippen molar-refractivity contribution < 1.29 is 33.3 Å². The van der Waals surface area contributed by atoms with Crippen molar-refractivity contribution in [1.82, 2.24) is 15.1 Å². The Labute approximate surface area is 299 Å². The number of aryl methyl sites for hydroxylation is 1. The third-order valence-corrected chi connectivity index (χ3v) is 10.2. The molecule has 12 nitrogen and oxygen atoms in total. The molecule has 1 aliphatic carbocycles. The number of hydrogen-bond donors (Lipinski definition) is 2. The van der Waals surface area contributed by atoms with Crippen molar-refractivity contribution >= 4 is 17.5 Å². The Morgan fingerprint density at radius 2 is 1.69 bits per heavy atom. The monoisotopic (exact) mass is 700 g/mol. The minimum absolute atomic E-state index is 0.0282. The average molecular weight is 701 g/mol. The predicted octanol–water partition coefficient (Wildman–Crippen LogP) is 4.76. The van der Waals surface area contributed by atoms with Crippen LogP contribution in [0.25, 0.3) is 11.1 Å². The van der Waals surface area contributed by atoms with Crippen molar-refractivity contribution in [1.29, 1.82) is 0 Å². The van der Waals surface area contributed by atoms with Crippen LogP contribution in [0.1, 0.15) is 56.3 Å². The number of ether oxygens (including phenoxy) is 5. The second-order valence-electron chi connectivity index (χ2n) is 13.4. The summed E-state index contributed by atoms with van der Waals surface area (Å²) in [5.74, 6) is 2.71. The minimum atomic E-state index is -0.609. The summed E-state index contributed by atoms with van der Waals surface area (Å²) in [7, 11) is 4.70. The molecule has 1 saturated heterocycles. The molecule has 3 aliphatic rings. The van der Waals surface area contributed by atoms with Crippen LogP contribution in [0, 0.1) is 5.92 Å². The lowest BCUT2D eigenvalue weighted by molar-refractivity contribution is -0.135. The van der Waals surface area contributed by atoms with E-state index >= 15 is 0 Å². The highest BCUT2D eigenvalue weighted by Gasteiger charge is 2.33. The Bertz CT molecular complexity index is 1840. The molecule has 0 bridgehead atoms. The van der Waals surface area contributed by atoms with Crippen molar-refractivity contribution in [3.8, 4) is 39.9 Å². The fourth-order valence-electron chi connectivity index (χ4n) is 7.30. The zero-order valence-corrected chi connectivity index (χ0v) is 30.3. The van der Waals surface area contributed by atoms with Crippen LogP contribution in [0.4, 0.5) is 5.69 Å². The van der Waals surface area contributed by atoms with Gasteiger partial charge in [0.05, 0.1) is 33.1 Å². The number of carbonyl (C=O) groups excluding carboxylic acids is 2. The normalized spacial score (nSPS) is 17.7. The van der Waals surface area contributed by atoms with Gasteiger partial charge in [-0.2, -0.15) is 0 Å². The largest absolute Gasteiger partial charge is 0.493 e. The zero-order valence-electron chi connectivity index (χ0n) is 30.3. The third kappa shape index (κ3) is 7.42.